The fourth-order valence-corrected chi connectivity index (χ4v) is 2.58. The number of nitrogens with one attached hydrogen (secondary N) is 2. The highest BCUT2D eigenvalue weighted by Crippen LogP contribution is 2.20. The fraction of sp³-hybridized carbons (Fsp3) is 0.714. The summed E-state index contributed by atoms with van der Waals surface area (Å²) < 4.78 is 0. The summed E-state index contributed by atoms with van der Waals surface area (Å²) in [6.45, 7) is 11.8. The molecule has 1 atom stereocenters. The molecule has 0 bridgehead atoms. The lowest BCUT2D eigenvalue weighted by Gasteiger charge is -2.16. The number of rotatable bonds is 6. The van der Waals surface area contributed by atoms with E-state index >= 15 is 0 Å². The van der Waals surface area contributed by atoms with E-state index in [2.05, 4.69) is 46.3 Å². The number of hydrogen-bond acceptors (Lipinski definition) is 5. The molecule has 2 rings (SSSR count). The molecule has 1 aromatic rings. The van der Waals surface area contributed by atoms with Gasteiger partial charge in [0.2, 0.25) is 0 Å². The number of likely N-dealkylation sites (tertiary alicyclic amines) is 1. The van der Waals surface area contributed by atoms with Crippen molar-refractivity contribution in [2.75, 3.05) is 43.4 Å². The average Bonchev–Trinajstić information content (AvgIpc) is 2.88. The van der Waals surface area contributed by atoms with E-state index in [0.29, 0.717) is 0 Å². The molecule has 1 aliphatic heterocycles. The number of hydrogen-bond donors (Lipinski definition) is 2. The smallest absolute Gasteiger partial charge is 0.134 e. The third kappa shape index (κ3) is 3.56. The van der Waals surface area contributed by atoms with Crippen LogP contribution >= 0.6 is 0 Å². The molecule has 1 saturated heterocycles. The fourth-order valence-electron chi connectivity index (χ4n) is 2.58. The van der Waals surface area contributed by atoms with Gasteiger partial charge in [-0.1, -0.05) is 6.92 Å². The van der Waals surface area contributed by atoms with Gasteiger partial charge in [-0.3, -0.25) is 0 Å². The molecule has 0 saturated carbocycles. The molecule has 106 valence electrons. The van der Waals surface area contributed by atoms with E-state index in [1.54, 1.807) is 6.33 Å². The average molecular weight is 263 g/mol. The maximum atomic E-state index is 4.35. The molecule has 5 heteroatoms. The molecule has 1 fully saturated rings. The van der Waals surface area contributed by atoms with Crippen LogP contribution in [0.4, 0.5) is 11.6 Å². The van der Waals surface area contributed by atoms with Gasteiger partial charge in [-0.25, -0.2) is 9.97 Å². The van der Waals surface area contributed by atoms with Crippen LogP contribution in [0.3, 0.4) is 0 Å². The van der Waals surface area contributed by atoms with Crippen molar-refractivity contribution in [1.82, 2.24) is 14.9 Å². The Labute approximate surface area is 115 Å². The van der Waals surface area contributed by atoms with E-state index in [1.807, 2.05) is 0 Å². The zero-order valence-electron chi connectivity index (χ0n) is 12.2. The minimum absolute atomic E-state index is 0.733. The van der Waals surface area contributed by atoms with Gasteiger partial charge in [-0.15, -0.1) is 0 Å². The summed E-state index contributed by atoms with van der Waals surface area (Å²) in [6, 6.07) is 0. The lowest BCUT2D eigenvalue weighted by Crippen LogP contribution is -2.23. The quantitative estimate of drug-likeness (QED) is 0.822. The molecule has 0 spiro atoms. The van der Waals surface area contributed by atoms with Gasteiger partial charge < -0.3 is 15.5 Å². The van der Waals surface area contributed by atoms with Crippen molar-refractivity contribution in [3.8, 4) is 0 Å². The zero-order chi connectivity index (χ0) is 13.7. The largest absolute Gasteiger partial charge is 0.370 e. The Morgan fingerprint density at radius 1 is 1.26 bits per heavy atom. The van der Waals surface area contributed by atoms with Gasteiger partial charge in [-0.05, 0) is 39.3 Å². The SMILES string of the molecule is CCNc1ncnc(NCC2CCN(CC)C2)c1C. The predicted octanol–water partition coefficient (Wildman–Crippen LogP) is 1.97. The molecule has 0 aliphatic carbocycles. The number of anilines is 2. The molecule has 0 amide bonds. The van der Waals surface area contributed by atoms with Crippen LogP contribution in [0.15, 0.2) is 6.33 Å². The van der Waals surface area contributed by atoms with Crippen LogP contribution in [-0.2, 0) is 0 Å². The van der Waals surface area contributed by atoms with Crippen molar-refractivity contribution in [2.24, 2.45) is 5.92 Å². The highest BCUT2D eigenvalue weighted by Gasteiger charge is 2.21. The van der Waals surface area contributed by atoms with Gasteiger partial charge in [0.15, 0.2) is 0 Å². The lowest BCUT2D eigenvalue weighted by atomic mass is 10.1. The Balaban J connectivity index is 1.91. The number of nitrogens with zero attached hydrogens (tertiary/aromatic N) is 3. The Kier molecular flexibility index (Phi) is 4.96. The Bertz CT molecular complexity index is 407. The van der Waals surface area contributed by atoms with Crippen LogP contribution in [0.25, 0.3) is 0 Å². The molecule has 1 aromatic heterocycles. The first kappa shape index (κ1) is 14.1. The van der Waals surface area contributed by atoms with Gasteiger partial charge in [0.25, 0.3) is 0 Å². The monoisotopic (exact) mass is 263 g/mol. The Hall–Kier alpha value is -1.36. The minimum Gasteiger partial charge on any atom is -0.370 e. The summed E-state index contributed by atoms with van der Waals surface area (Å²) in [4.78, 5) is 11.1. The predicted molar refractivity (Wildman–Crippen MR) is 79.6 cm³/mol. The van der Waals surface area contributed by atoms with Gasteiger partial charge in [0.1, 0.15) is 18.0 Å². The first-order valence-electron chi connectivity index (χ1n) is 7.26. The standard InChI is InChI=1S/C14H25N5/c1-4-15-13-11(3)14(18-10-17-13)16-8-12-6-7-19(5-2)9-12/h10,12H,4-9H2,1-3H3,(H2,15,16,17,18). The summed E-state index contributed by atoms with van der Waals surface area (Å²) in [7, 11) is 0. The van der Waals surface area contributed by atoms with Crippen molar-refractivity contribution in [1.29, 1.82) is 0 Å². The summed E-state index contributed by atoms with van der Waals surface area (Å²) >= 11 is 0. The van der Waals surface area contributed by atoms with Gasteiger partial charge in [0.05, 0.1) is 0 Å². The molecule has 5 nitrogen and oxygen atoms in total. The first-order valence-corrected chi connectivity index (χ1v) is 7.26. The van der Waals surface area contributed by atoms with Crippen LogP contribution < -0.4 is 10.6 Å². The molecule has 1 unspecified atom stereocenters. The first-order chi connectivity index (χ1) is 9.24. The number of aromatic nitrogens is 2. The van der Waals surface area contributed by atoms with Crippen molar-refractivity contribution in [2.45, 2.75) is 27.2 Å². The maximum Gasteiger partial charge on any atom is 0.134 e. The second-order valence-corrected chi connectivity index (χ2v) is 5.16. The summed E-state index contributed by atoms with van der Waals surface area (Å²) in [5.74, 6) is 2.62. The van der Waals surface area contributed by atoms with Gasteiger partial charge in [-0.2, -0.15) is 0 Å². The van der Waals surface area contributed by atoms with E-state index in [9.17, 15) is 0 Å². The van der Waals surface area contributed by atoms with Crippen LogP contribution in [0.2, 0.25) is 0 Å². The minimum atomic E-state index is 0.733. The highest BCUT2D eigenvalue weighted by molar-refractivity contribution is 5.56. The molecule has 0 radical (unpaired) electrons. The lowest BCUT2D eigenvalue weighted by molar-refractivity contribution is 0.345. The van der Waals surface area contributed by atoms with Gasteiger partial charge >= 0.3 is 0 Å². The summed E-state index contributed by atoms with van der Waals surface area (Å²) in [5, 5.41) is 6.74. The normalized spacial score (nSPS) is 19.6. The van der Waals surface area contributed by atoms with E-state index in [-0.39, 0.29) is 0 Å². The van der Waals surface area contributed by atoms with Crippen molar-refractivity contribution < 1.29 is 0 Å². The molecule has 2 heterocycles. The molecule has 19 heavy (non-hydrogen) atoms. The van der Waals surface area contributed by atoms with E-state index in [1.165, 1.54) is 19.5 Å². The highest BCUT2D eigenvalue weighted by atomic mass is 15.1. The molecular weight excluding hydrogens is 238 g/mol. The van der Waals surface area contributed by atoms with Crippen LogP contribution in [0, 0.1) is 12.8 Å². The maximum absolute atomic E-state index is 4.35. The van der Waals surface area contributed by atoms with Crippen LogP contribution in [-0.4, -0.2) is 47.6 Å². The third-order valence-electron chi connectivity index (χ3n) is 3.80. The second-order valence-electron chi connectivity index (χ2n) is 5.16. The van der Waals surface area contributed by atoms with Gasteiger partial charge in [0, 0.05) is 25.2 Å². The molecule has 0 aromatic carbocycles. The zero-order valence-corrected chi connectivity index (χ0v) is 12.2. The van der Waals surface area contributed by atoms with Crippen LogP contribution in [0.5, 0.6) is 0 Å². The summed E-state index contributed by atoms with van der Waals surface area (Å²) in [5.41, 5.74) is 1.11. The van der Waals surface area contributed by atoms with Crippen molar-refractivity contribution in [3.63, 3.8) is 0 Å². The Morgan fingerprint density at radius 3 is 2.63 bits per heavy atom. The van der Waals surface area contributed by atoms with E-state index in [4.69, 9.17) is 0 Å². The molecule has 2 N–H and O–H groups in total. The van der Waals surface area contributed by atoms with E-state index < -0.39 is 0 Å². The molecule has 1 aliphatic rings. The molecular formula is C14H25N5. The Morgan fingerprint density at radius 2 is 2.00 bits per heavy atom. The van der Waals surface area contributed by atoms with Crippen molar-refractivity contribution >= 4 is 11.6 Å². The third-order valence-corrected chi connectivity index (χ3v) is 3.80. The topological polar surface area (TPSA) is 53.1 Å². The van der Waals surface area contributed by atoms with Crippen LogP contribution in [0.1, 0.15) is 25.8 Å². The summed E-state index contributed by atoms with van der Waals surface area (Å²) in [6.07, 6.45) is 2.91. The second kappa shape index (κ2) is 6.70. The van der Waals surface area contributed by atoms with Crippen molar-refractivity contribution in [3.05, 3.63) is 11.9 Å². The van der Waals surface area contributed by atoms with E-state index in [0.717, 1.165) is 42.8 Å².